The van der Waals surface area contributed by atoms with Crippen molar-refractivity contribution >= 4 is 34.9 Å². The largest absolute Gasteiger partial charge is 0.454 e. The van der Waals surface area contributed by atoms with Gasteiger partial charge in [-0.3, -0.25) is 24.1 Å². The normalized spacial score (nSPS) is 12.7. The molecule has 1 aliphatic rings. The highest BCUT2D eigenvalue weighted by Crippen LogP contribution is 2.28. The van der Waals surface area contributed by atoms with Crippen molar-refractivity contribution in [2.75, 3.05) is 23.4 Å². The number of nitrogens with zero attached hydrogens (tertiary/aromatic N) is 1. The third-order valence-electron chi connectivity index (χ3n) is 4.19. The molecule has 2 aromatic carbocycles. The number of fused-ring (bicyclic) bond motifs is 1. The summed E-state index contributed by atoms with van der Waals surface area (Å²) in [5, 5.41) is 2.67. The van der Waals surface area contributed by atoms with E-state index in [9.17, 15) is 19.2 Å². The minimum Gasteiger partial charge on any atom is -0.454 e. The highest BCUT2D eigenvalue weighted by molar-refractivity contribution is 6.52. The van der Waals surface area contributed by atoms with Gasteiger partial charge in [0.15, 0.2) is 6.61 Å². The van der Waals surface area contributed by atoms with Crippen LogP contribution in [-0.4, -0.2) is 36.7 Å². The monoisotopic (exact) mass is 366 g/mol. The molecule has 3 rings (SSSR count). The van der Waals surface area contributed by atoms with Crippen LogP contribution < -0.4 is 10.2 Å². The van der Waals surface area contributed by atoms with Crippen molar-refractivity contribution in [3.63, 3.8) is 0 Å². The third kappa shape index (κ3) is 3.87. The fraction of sp³-hybridized carbons (Fsp3) is 0.200. The number of ketones is 1. The Hall–Kier alpha value is -3.48. The topological polar surface area (TPSA) is 92.8 Å². The van der Waals surface area contributed by atoms with Gasteiger partial charge in [-0.05, 0) is 37.6 Å². The van der Waals surface area contributed by atoms with E-state index < -0.39 is 36.7 Å². The summed E-state index contributed by atoms with van der Waals surface area (Å²) in [7, 11) is 0. The predicted octanol–water partition coefficient (Wildman–Crippen LogP) is 2.01. The second-order valence-corrected chi connectivity index (χ2v) is 6.26. The molecule has 1 heterocycles. The molecule has 1 N–H and O–H groups in total. The Kier molecular flexibility index (Phi) is 5.03. The Bertz CT molecular complexity index is 951. The average Bonchev–Trinajstić information content (AvgIpc) is 2.88. The van der Waals surface area contributed by atoms with Gasteiger partial charge in [-0.15, -0.1) is 0 Å². The summed E-state index contributed by atoms with van der Waals surface area (Å²) in [5.74, 6) is -2.71. The molecular formula is C20H18N2O5. The molecule has 7 nitrogen and oxygen atoms in total. The maximum absolute atomic E-state index is 12.0. The number of esters is 1. The first-order valence-electron chi connectivity index (χ1n) is 8.35. The van der Waals surface area contributed by atoms with Crippen LogP contribution in [-0.2, 0) is 19.1 Å². The van der Waals surface area contributed by atoms with Crippen molar-refractivity contribution in [1.29, 1.82) is 0 Å². The van der Waals surface area contributed by atoms with Crippen LogP contribution in [0.1, 0.15) is 21.5 Å². The molecule has 2 aromatic rings. The molecule has 27 heavy (non-hydrogen) atoms. The van der Waals surface area contributed by atoms with E-state index in [1.807, 2.05) is 26.0 Å². The Balaban J connectivity index is 1.56. The Morgan fingerprint density at radius 3 is 2.56 bits per heavy atom. The van der Waals surface area contributed by atoms with Crippen molar-refractivity contribution in [2.45, 2.75) is 13.8 Å². The third-order valence-corrected chi connectivity index (χ3v) is 4.19. The summed E-state index contributed by atoms with van der Waals surface area (Å²) in [5.41, 5.74) is 3.22. The molecular weight excluding hydrogens is 348 g/mol. The van der Waals surface area contributed by atoms with Crippen LogP contribution in [0.2, 0.25) is 0 Å². The maximum Gasteiger partial charge on any atom is 0.326 e. The second kappa shape index (κ2) is 7.41. The van der Waals surface area contributed by atoms with Crippen LogP contribution in [0.3, 0.4) is 0 Å². The lowest BCUT2D eigenvalue weighted by Gasteiger charge is -2.15. The number of para-hydroxylation sites is 1. The van der Waals surface area contributed by atoms with Crippen LogP contribution in [0.4, 0.5) is 11.4 Å². The van der Waals surface area contributed by atoms with E-state index in [-0.39, 0.29) is 5.56 Å². The number of aryl methyl sites for hydroxylation is 2. The van der Waals surface area contributed by atoms with E-state index in [1.165, 1.54) is 6.07 Å². The van der Waals surface area contributed by atoms with E-state index >= 15 is 0 Å². The van der Waals surface area contributed by atoms with Gasteiger partial charge in [-0.25, -0.2) is 0 Å². The van der Waals surface area contributed by atoms with Gasteiger partial charge in [0.1, 0.15) is 6.54 Å². The summed E-state index contributed by atoms with van der Waals surface area (Å²) < 4.78 is 4.94. The highest BCUT2D eigenvalue weighted by atomic mass is 16.5. The molecule has 0 saturated carbocycles. The quantitative estimate of drug-likeness (QED) is 0.645. The first-order chi connectivity index (χ1) is 12.9. The number of hydrogen-bond donors (Lipinski definition) is 1. The summed E-state index contributed by atoms with van der Waals surface area (Å²) in [4.78, 5) is 49.0. The van der Waals surface area contributed by atoms with Gasteiger partial charge in [0.05, 0.1) is 11.3 Å². The Labute approximate surface area is 155 Å². The van der Waals surface area contributed by atoms with E-state index in [2.05, 4.69) is 5.32 Å². The first-order valence-corrected chi connectivity index (χ1v) is 8.35. The summed E-state index contributed by atoms with van der Waals surface area (Å²) in [6.45, 7) is 2.90. The Morgan fingerprint density at radius 1 is 1.07 bits per heavy atom. The van der Waals surface area contributed by atoms with E-state index in [0.29, 0.717) is 11.4 Å². The first kappa shape index (κ1) is 18.3. The van der Waals surface area contributed by atoms with Crippen molar-refractivity contribution < 1.29 is 23.9 Å². The number of amides is 2. The van der Waals surface area contributed by atoms with Gasteiger partial charge in [-0.2, -0.15) is 0 Å². The van der Waals surface area contributed by atoms with Crippen LogP contribution in [0.15, 0.2) is 42.5 Å². The Morgan fingerprint density at radius 2 is 1.81 bits per heavy atom. The number of benzene rings is 2. The number of ether oxygens (including phenoxy) is 1. The average molecular weight is 366 g/mol. The lowest BCUT2D eigenvalue weighted by Crippen LogP contribution is -2.36. The van der Waals surface area contributed by atoms with Gasteiger partial charge in [0, 0.05) is 5.69 Å². The fourth-order valence-corrected chi connectivity index (χ4v) is 2.87. The number of hydrogen-bond acceptors (Lipinski definition) is 5. The van der Waals surface area contributed by atoms with Crippen LogP contribution in [0.25, 0.3) is 0 Å². The van der Waals surface area contributed by atoms with Crippen LogP contribution >= 0.6 is 0 Å². The molecule has 0 saturated heterocycles. The number of anilines is 2. The summed E-state index contributed by atoms with van der Waals surface area (Å²) in [6, 6.07) is 12.0. The standard InChI is InChI=1S/C20H18N2O5/c1-12-7-8-15(13(2)9-12)21-17(23)11-27-18(24)10-22-16-6-4-3-5-14(16)19(25)20(22)26/h3-9H,10-11H2,1-2H3,(H,21,23). The maximum atomic E-state index is 12.0. The molecule has 138 valence electrons. The zero-order valence-corrected chi connectivity index (χ0v) is 14.9. The minimum absolute atomic E-state index is 0.253. The molecule has 0 aromatic heterocycles. The number of rotatable bonds is 5. The van der Waals surface area contributed by atoms with E-state index in [4.69, 9.17) is 4.74 Å². The van der Waals surface area contributed by atoms with Gasteiger partial charge in [0.2, 0.25) is 0 Å². The van der Waals surface area contributed by atoms with Crippen molar-refractivity contribution in [3.05, 3.63) is 59.2 Å². The van der Waals surface area contributed by atoms with Crippen LogP contribution in [0.5, 0.6) is 0 Å². The lowest BCUT2D eigenvalue weighted by molar-refractivity contribution is -0.146. The number of Topliss-reactive ketones (excluding diaryl/α,β-unsaturated/α-hetero) is 1. The lowest BCUT2D eigenvalue weighted by atomic mass is 10.1. The predicted molar refractivity (Wildman–Crippen MR) is 98.6 cm³/mol. The highest BCUT2D eigenvalue weighted by Gasteiger charge is 2.36. The smallest absolute Gasteiger partial charge is 0.326 e. The molecule has 0 spiro atoms. The molecule has 0 atom stereocenters. The SMILES string of the molecule is Cc1ccc(NC(=O)COC(=O)CN2C(=O)C(=O)c3ccccc32)c(C)c1. The molecule has 0 bridgehead atoms. The zero-order chi connectivity index (χ0) is 19.6. The summed E-state index contributed by atoms with van der Waals surface area (Å²) >= 11 is 0. The number of carbonyl (C=O) groups excluding carboxylic acids is 4. The minimum atomic E-state index is -0.784. The molecule has 7 heteroatoms. The van der Waals surface area contributed by atoms with Crippen molar-refractivity contribution in [3.8, 4) is 0 Å². The number of carbonyl (C=O) groups is 4. The van der Waals surface area contributed by atoms with Gasteiger partial charge >= 0.3 is 5.97 Å². The van der Waals surface area contributed by atoms with Gasteiger partial charge in [-0.1, -0.05) is 29.8 Å². The van der Waals surface area contributed by atoms with Gasteiger partial charge in [0.25, 0.3) is 17.6 Å². The van der Waals surface area contributed by atoms with E-state index in [0.717, 1.165) is 16.0 Å². The van der Waals surface area contributed by atoms with Crippen molar-refractivity contribution in [2.24, 2.45) is 0 Å². The molecule has 2 amide bonds. The summed E-state index contributed by atoms with van der Waals surface area (Å²) in [6.07, 6.45) is 0. The van der Waals surface area contributed by atoms with E-state index in [1.54, 1.807) is 24.3 Å². The molecule has 1 aliphatic heterocycles. The number of nitrogens with one attached hydrogen (secondary N) is 1. The van der Waals surface area contributed by atoms with Gasteiger partial charge < -0.3 is 10.1 Å². The fourth-order valence-electron chi connectivity index (χ4n) is 2.87. The molecule has 0 unspecified atom stereocenters. The zero-order valence-electron chi connectivity index (χ0n) is 14.9. The molecule has 0 radical (unpaired) electrons. The molecule has 0 fully saturated rings. The second-order valence-electron chi connectivity index (χ2n) is 6.26. The van der Waals surface area contributed by atoms with Crippen LogP contribution in [0, 0.1) is 13.8 Å². The van der Waals surface area contributed by atoms with Crippen molar-refractivity contribution in [1.82, 2.24) is 0 Å². The molecule has 0 aliphatic carbocycles.